The Kier molecular flexibility index (Phi) is 6.38. The van der Waals surface area contributed by atoms with Gasteiger partial charge in [-0.05, 0) is 48.0 Å². The van der Waals surface area contributed by atoms with E-state index in [1.807, 2.05) is 71.6 Å². The van der Waals surface area contributed by atoms with Gasteiger partial charge in [-0.25, -0.2) is 4.79 Å². The van der Waals surface area contributed by atoms with Gasteiger partial charge in [0.1, 0.15) is 0 Å². The standard InChI is InChI=1S/C23H20Cl3N3O/c24-17-8-6-16(7-9-17)22-15-28(23(30)27-19-4-2-1-3-5-19)12-13-29(22)21-11-10-18(25)14-20(21)26/h1-11,14,22H,12-13,15H2,(H,27,30). The van der Waals surface area contributed by atoms with E-state index in [1.165, 1.54) is 0 Å². The number of para-hydroxylation sites is 1. The van der Waals surface area contributed by atoms with Crippen LogP contribution in [0.15, 0.2) is 72.8 Å². The van der Waals surface area contributed by atoms with Gasteiger partial charge in [-0.15, -0.1) is 0 Å². The van der Waals surface area contributed by atoms with Crippen LogP contribution in [0.2, 0.25) is 15.1 Å². The topological polar surface area (TPSA) is 35.6 Å². The zero-order valence-electron chi connectivity index (χ0n) is 16.1. The molecule has 1 atom stereocenters. The number of urea groups is 1. The molecule has 7 heteroatoms. The monoisotopic (exact) mass is 459 g/mol. The molecule has 0 saturated carbocycles. The molecule has 1 fully saturated rings. The van der Waals surface area contributed by atoms with Crippen LogP contribution in [0.4, 0.5) is 16.2 Å². The largest absolute Gasteiger partial charge is 0.360 e. The average molecular weight is 461 g/mol. The molecule has 4 rings (SSSR count). The molecule has 154 valence electrons. The van der Waals surface area contributed by atoms with Gasteiger partial charge in [0.05, 0.1) is 16.8 Å². The van der Waals surface area contributed by atoms with Gasteiger partial charge in [-0.2, -0.15) is 0 Å². The number of carbonyl (C=O) groups excluding carboxylic acids is 1. The zero-order chi connectivity index (χ0) is 21.1. The lowest BCUT2D eigenvalue weighted by Crippen LogP contribution is -2.51. The minimum atomic E-state index is -0.123. The molecular weight excluding hydrogens is 441 g/mol. The number of carbonyl (C=O) groups is 1. The van der Waals surface area contributed by atoms with Crippen LogP contribution in [0.5, 0.6) is 0 Å². The minimum Gasteiger partial charge on any atom is -0.360 e. The molecule has 0 aliphatic carbocycles. The summed E-state index contributed by atoms with van der Waals surface area (Å²) in [6, 6.07) is 22.5. The first-order chi connectivity index (χ1) is 14.5. The first-order valence-corrected chi connectivity index (χ1v) is 10.7. The molecule has 0 aromatic heterocycles. The van der Waals surface area contributed by atoms with E-state index in [0.717, 1.165) is 16.9 Å². The smallest absolute Gasteiger partial charge is 0.321 e. The molecule has 1 heterocycles. The second kappa shape index (κ2) is 9.17. The summed E-state index contributed by atoms with van der Waals surface area (Å²) in [6.07, 6.45) is 0. The Morgan fingerprint density at radius 2 is 1.57 bits per heavy atom. The molecule has 0 spiro atoms. The number of benzene rings is 3. The maximum absolute atomic E-state index is 12.9. The van der Waals surface area contributed by atoms with Crippen LogP contribution in [0.3, 0.4) is 0 Å². The fourth-order valence-electron chi connectivity index (χ4n) is 3.66. The van der Waals surface area contributed by atoms with Gasteiger partial charge < -0.3 is 15.1 Å². The maximum atomic E-state index is 12.9. The van der Waals surface area contributed by atoms with Gasteiger partial charge in [-0.3, -0.25) is 0 Å². The van der Waals surface area contributed by atoms with E-state index in [-0.39, 0.29) is 12.1 Å². The summed E-state index contributed by atoms with van der Waals surface area (Å²) in [5.74, 6) is 0. The Morgan fingerprint density at radius 3 is 2.27 bits per heavy atom. The lowest BCUT2D eigenvalue weighted by molar-refractivity contribution is 0.198. The first kappa shape index (κ1) is 20.9. The maximum Gasteiger partial charge on any atom is 0.321 e. The van der Waals surface area contributed by atoms with Crippen molar-refractivity contribution in [3.05, 3.63) is 93.4 Å². The SMILES string of the molecule is O=C(Nc1ccccc1)N1CCN(c2ccc(Cl)cc2Cl)C(c2ccc(Cl)cc2)C1. The molecule has 3 aromatic carbocycles. The summed E-state index contributed by atoms with van der Waals surface area (Å²) in [5, 5.41) is 4.82. The summed E-state index contributed by atoms with van der Waals surface area (Å²) in [6.45, 7) is 1.72. The fourth-order valence-corrected chi connectivity index (χ4v) is 4.31. The molecule has 0 bridgehead atoms. The van der Waals surface area contributed by atoms with Crippen LogP contribution in [0.1, 0.15) is 11.6 Å². The van der Waals surface area contributed by atoms with Crippen molar-refractivity contribution < 1.29 is 4.79 Å². The molecule has 0 radical (unpaired) electrons. The van der Waals surface area contributed by atoms with E-state index >= 15 is 0 Å². The highest BCUT2D eigenvalue weighted by atomic mass is 35.5. The first-order valence-electron chi connectivity index (χ1n) is 9.59. The third-order valence-corrected chi connectivity index (χ3v) is 5.96. The number of amides is 2. The number of halogens is 3. The van der Waals surface area contributed by atoms with Crippen LogP contribution in [-0.4, -0.2) is 30.6 Å². The van der Waals surface area contributed by atoms with Crippen LogP contribution in [0, 0.1) is 0 Å². The second-order valence-corrected chi connectivity index (χ2v) is 8.38. The van der Waals surface area contributed by atoms with E-state index in [2.05, 4.69) is 10.2 Å². The Balaban J connectivity index is 1.61. The van der Waals surface area contributed by atoms with Crippen molar-refractivity contribution >= 4 is 52.2 Å². The number of hydrogen-bond acceptors (Lipinski definition) is 2. The average Bonchev–Trinajstić information content (AvgIpc) is 2.75. The van der Waals surface area contributed by atoms with Gasteiger partial charge in [-0.1, -0.05) is 65.1 Å². The van der Waals surface area contributed by atoms with Gasteiger partial charge in [0, 0.05) is 35.4 Å². The minimum absolute atomic E-state index is 0.0729. The third-order valence-electron chi connectivity index (χ3n) is 5.17. The van der Waals surface area contributed by atoms with Crippen LogP contribution in [-0.2, 0) is 0 Å². The van der Waals surface area contributed by atoms with Crippen molar-refractivity contribution in [1.82, 2.24) is 4.90 Å². The second-order valence-electron chi connectivity index (χ2n) is 7.10. The van der Waals surface area contributed by atoms with E-state index < -0.39 is 0 Å². The van der Waals surface area contributed by atoms with Crippen LogP contribution >= 0.6 is 34.8 Å². The molecule has 1 saturated heterocycles. The number of rotatable bonds is 3. The van der Waals surface area contributed by atoms with E-state index in [4.69, 9.17) is 34.8 Å². The molecule has 3 aromatic rings. The predicted octanol–water partition coefficient (Wildman–Crippen LogP) is 6.74. The van der Waals surface area contributed by atoms with Crippen molar-refractivity contribution in [2.24, 2.45) is 0 Å². The van der Waals surface area contributed by atoms with Gasteiger partial charge in [0.15, 0.2) is 0 Å². The highest BCUT2D eigenvalue weighted by Gasteiger charge is 2.32. The van der Waals surface area contributed by atoms with Crippen molar-refractivity contribution in [2.75, 3.05) is 29.9 Å². The molecule has 1 aliphatic heterocycles. The molecule has 1 N–H and O–H groups in total. The van der Waals surface area contributed by atoms with Crippen molar-refractivity contribution in [3.63, 3.8) is 0 Å². The van der Waals surface area contributed by atoms with Gasteiger partial charge >= 0.3 is 6.03 Å². The van der Waals surface area contributed by atoms with Crippen molar-refractivity contribution in [1.29, 1.82) is 0 Å². The predicted molar refractivity (Wildman–Crippen MR) is 125 cm³/mol. The lowest BCUT2D eigenvalue weighted by atomic mass is 10.0. The molecule has 30 heavy (non-hydrogen) atoms. The summed E-state index contributed by atoms with van der Waals surface area (Å²) in [5.41, 5.74) is 2.72. The quantitative estimate of drug-likeness (QED) is 0.469. The number of nitrogens with one attached hydrogen (secondary N) is 1. The van der Waals surface area contributed by atoms with Crippen molar-refractivity contribution in [2.45, 2.75) is 6.04 Å². The molecule has 1 aliphatic rings. The van der Waals surface area contributed by atoms with E-state index in [9.17, 15) is 4.79 Å². The van der Waals surface area contributed by atoms with Gasteiger partial charge in [0.2, 0.25) is 0 Å². The van der Waals surface area contributed by atoms with E-state index in [1.54, 1.807) is 6.07 Å². The Hall–Kier alpha value is -2.40. The summed E-state index contributed by atoms with van der Waals surface area (Å²) in [4.78, 5) is 16.9. The third kappa shape index (κ3) is 4.67. The highest BCUT2D eigenvalue weighted by Crippen LogP contribution is 2.37. The van der Waals surface area contributed by atoms with Gasteiger partial charge in [0.25, 0.3) is 0 Å². The Labute approximate surface area is 191 Å². The molecular formula is C23H20Cl3N3O. The van der Waals surface area contributed by atoms with Crippen LogP contribution < -0.4 is 10.2 Å². The molecule has 1 unspecified atom stereocenters. The van der Waals surface area contributed by atoms with Crippen LogP contribution in [0.25, 0.3) is 0 Å². The van der Waals surface area contributed by atoms with Crippen molar-refractivity contribution in [3.8, 4) is 0 Å². The fraction of sp³-hybridized carbons (Fsp3) is 0.174. The highest BCUT2D eigenvalue weighted by molar-refractivity contribution is 6.36. The Bertz CT molecular complexity index is 1030. The number of anilines is 2. The summed E-state index contributed by atoms with van der Waals surface area (Å²) < 4.78 is 0. The number of piperazine rings is 1. The summed E-state index contributed by atoms with van der Waals surface area (Å²) >= 11 is 18.7. The normalized spacial score (nSPS) is 16.4. The molecule has 4 nitrogen and oxygen atoms in total. The summed E-state index contributed by atoms with van der Waals surface area (Å²) in [7, 11) is 0. The molecule has 2 amide bonds. The lowest BCUT2D eigenvalue weighted by Gasteiger charge is -2.43. The zero-order valence-corrected chi connectivity index (χ0v) is 18.3. The Morgan fingerprint density at radius 1 is 0.867 bits per heavy atom. The number of nitrogens with zero attached hydrogens (tertiary/aromatic N) is 2. The van der Waals surface area contributed by atoms with E-state index in [0.29, 0.717) is 34.7 Å². The number of hydrogen-bond donors (Lipinski definition) is 1.